The van der Waals surface area contributed by atoms with Crippen LogP contribution in [0.25, 0.3) is 21.9 Å². The predicted octanol–water partition coefficient (Wildman–Crippen LogP) is 3.90. The maximum Gasteiger partial charge on any atom is 0.258 e. The third-order valence-electron chi connectivity index (χ3n) is 6.72. The summed E-state index contributed by atoms with van der Waals surface area (Å²) < 4.78 is 17.5. The van der Waals surface area contributed by atoms with Gasteiger partial charge in [-0.15, -0.1) is 0 Å². The van der Waals surface area contributed by atoms with Crippen molar-refractivity contribution in [3.05, 3.63) is 66.6 Å². The first-order valence-corrected chi connectivity index (χ1v) is 12.4. The average molecular weight is 505 g/mol. The van der Waals surface area contributed by atoms with Gasteiger partial charge in [-0.1, -0.05) is 12.6 Å². The first kappa shape index (κ1) is 24.6. The van der Waals surface area contributed by atoms with Crippen molar-refractivity contribution >= 4 is 39.7 Å². The second-order valence-electron chi connectivity index (χ2n) is 9.45. The molecule has 1 aliphatic rings. The minimum atomic E-state index is -0.579. The Kier molecular flexibility index (Phi) is 6.75. The van der Waals surface area contributed by atoms with E-state index in [2.05, 4.69) is 17.0 Å². The van der Waals surface area contributed by atoms with E-state index in [0.29, 0.717) is 31.1 Å². The van der Waals surface area contributed by atoms with Crippen molar-refractivity contribution in [2.24, 2.45) is 0 Å². The number of aromatic nitrogens is 4. The Morgan fingerprint density at radius 2 is 2.14 bits per heavy atom. The summed E-state index contributed by atoms with van der Waals surface area (Å²) in [6.07, 6.45) is 4.99. The largest absolute Gasteiger partial charge is 0.391 e. The van der Waals surface area contributed by atoms with Crippen LogP contribution in [0, 0.1) is 5.82 Å². The third kappa shape index (κ3) is 4.84. The molecule has 1 aliphatic heterocycles. The van der Waals surface area contributed by atoms with Gasteiger partial charge in [0.2, 0.25) is 11.9 Å². The Bertz CT molecular complexity index is 1490. The summed E-state index contributed by atoms with van der Waals surface area (Å²) in [5, 5.41) is 18.1. The first-order valence-electron chi connectivity index (χ1n) is 12.4. The van der Waals surface area contributed by atoms with Gasteiger partial charge in [-0.3, -0.25) is 19.6 Å². The summed E-state index contributed by atoms with van der Waals surface area (Å²) in [5.41, 5.74) is 2.44. The van der Waals surface area contributed by atoms with Crippen molar-refractivity contribution in [3.8, 4) is 0 Å². The number of hydrogen-bond acceptors (Lipinski definition) is 5. The zero-order valence-corrected chi connectivity index (χ0v) is 20.6. The number of carbonyl (C=O) groups is 2. The molecule has 2 aromatic heterocycles. The lowest BCUT2D eigenvalue weighted by Gasteiger charge is -2.26. The zero-order valence-electron chi connectivity index (χ0n) is 20.6. The molecule has 3 heterocycles. The van der Waals surface area contributed by atoms with Gasteiger partial charge in [-0.2, -0.15) is 5.10 Å². The van der Waals surface area contributed by atoms with Crippen LogP contribution in [0.1, 0.15) is 42.6 Å². The Morgan fingerprint density at radius 3 is 2.89 bits per heavy atom. The van der Waals surface area contributed by atoms with Crippen LogP contribution < -0.4 is 5.32 Å². The minimum absolute atomic E-state index is 0.142. The molecule has 0 spiro atoms. The second kappa shape index (κ2) is 10.1. The highest BCUT2D eigenvalue weighted by Crippen LogP contribution is 2.34. The number of likely N-dealkylation sites (tertiary alicyclic amines) is 1. The van der Waals surface area contributed by atoms with Crippen LogP contribution in [0.4, 0.5) is 10.3 Å². The van der Waals surface area contributed by atoms with Crippen LogP contribution in [0.15, 0.2) is 55.3 Å². The molecule has 5 rings (SSSR count). The fourth-order valence-corrected chi connectivity index (χ4v) is 5.05. The minimum Gasteiger partial charge on any atom is -0.391 e. The van der Waals surface area contributed by atoms with Crippen LogP contribution in [0.2, 0.25) is 0 Å². The summed E-state index contributed by atoms with van der Waals surface area (Å²) in [6, 6.07) is 9.06. The molecule has 4 aromatic rings. The Morgan fingerprint density at radius 1 is 1.30 bits per heavy atom. The van der Waals surface area contributed by atoms with E-state index in [0.717, 1.165) is 35.7 Å². The summed E-state index contributed by atoms with van der Waals surface area (Å²) in [6.45, 7) is 6.73. The highest BCUT2D eigenvalue weighted by molar-refractivity contribution is 6.07. The molecule has 0 bridgehead atoms. The Labute approximate surface area is 213 Å². The number of halogens is 1. The molecule has 0 aliphatic carbocycles. The molecule has 9 nitrogen and oxygen atoms in total. The highest BCUT2D eigenvalue weighted by Gasteiger charge is 2.28. The topological polar surface area (TPSA) is 105 Å². The van der Waals surface area contributed by atoms with E-state index in [4.69, 9.17) is 4.98 Å². The normalized spacial score (nSPS) is 17.1. The van der Waals surface area contributed by atoms with Crippen LogP contribution in [-0.4, -0.2) is 60.3 Å². The molecule has 2 aromatic carbocycles. The molecule has 0 radical (unpaired) electrons. The summed E-state index contributed by atoms with van der Waals surface area (Å²) in [5.74, 6) is -0.810. The average Bonchev–Trinajstić information content (AvgIpc) is 3.34. The smallest absolute Gasteiger partial charge is 0.258 e. The number of nitrogens with zero attached hydrogens (tertiary/aromatic N) is 5. The molecule has 1 saturated heterocycles. The first-order chi connectivity index (χ1) is 17.9. The molecular weight excluding hydrogens is 475 g/mol. The van der Waals surface area contributed by atoms with Crippen molar-refractivity contribution in [3.63, 3.8) is 0 Å². The molecule has 0 saturated carbocycles. The van der Waals surface area contributed by atoms with Crippen LogP contribution in [0.3, 0.4) is 0 Å². The molecule has 10 heteroatoms. The fraction of sp³-hybridized carbons (Fsp3) is 0.333. The lowest BCUT2D eigenvalue weighted by atomic mass is 10.1. The van der Waals surface area contributed by atoms with E-state index in [9.17, 15) is 19.1 Å². The lowest BCUT2D eigenvalue weighted by Crippen LogP contribution is -2.34. The molecule has 2 N–H and O–H groups in total. The number of hydrogen-bond donors (Lipinski definition) is 2. The molecule has 2 amide bonds. The number of amides is 2. The number of benzene rings is 2. The van der Waals surface area contributed by atoms with E-state index in [1.54, 1.807) is 28.8 Å². The molecular formula is C27H29FN6O3. The van der Waals surface area contributed by atoms with Crippen LogP contribution in [-0.2, 0) is 11.3 Å². The van der Waals surface area contributed by atoms with Gasteiger partial charge >= 0.3 is 0 Å². The summed E-state index contributed by atoms with van der Waals surface area (Å²) >= 11 is 0. The molecule has 2 atom stereocenters. The zero-order chi connectivity index (χ0) is 26.1. The number of aliphatic hydroxyl groups excluding tert-OH is 1. The van der Waals surface area contributed by atoms with Gasteiger partial charge < -0.3 is 14.6 Å². The van der Waals surface area contributed by atoms with Crippen molar-refractivity contribution < 1.29 is 19.1 Å². The van der Waals surface area contributed by atoms with Crippen molar-refractivity contribution in [1.82, 2.24) is 24.2 Å². The molecule has 0 unspecified atom stereocenters. The maximum absolute atomic E-state index is 13.8. The monoisotopic (exact) mass is 504 g/mol. The number of fused-ring (bicyclic) bond motifs is 3. The highest BCUT2D eigenvalue weighted by atomic mass is 19.1. The van der Waals surface area contributed by atoms with Gasteiger partial charge in [0.1, 0.15) is 5.82 Å². The maximum atomic E-state index is 13.8. The van der Waals surface area contributed by atoms with E-state index in [1.807, 2.05) is 16.7 Å². The number of imidazole rings is 1. The van der Waals surface area contributed by atoms with Gasteiger partial charge in [-0.25, -0.2) is 9.37 Å². The van der Waals surface area contributed by atoms with E-state index < -0.39 is 17.8 Å². The van der Waals surface area contributed by atoms with E-state index in [-0.39, 0.29) is 17.5 Å². The van der Waals surface area contributed by atoms with Crippen molar-refractivity contribution in [2.45, 2.75) is 44.9 Å². The number of nitrogens with one attached hydrogen (secondary N) is 1. The van der Waals surface area contributed by atoms with Crippen molar-refractivity contribution in [1.29, 1.82) is 0 Å². The summed E-state index contributed by atoms with van der Waals surface area (Å²) in [4.78, 5) is 32.2. The fourth-order valence-electron chi connectivity index (χ4n) is 5.05. The van der Waals surface area contributed by atoms with Gasteiger partial charge in [-0.05, 0) is 62.6 Å². The van der Waals surface area contributed by atoms with E-state index >= 15 is 0 Å². The number of carbonyl (C=O) groups excluding carboxylic acids is 2. The van der Waals surface area contributed by atoms with Crippen LogP contribution >= 0.6 is 0 Å². The molecule has 37 heavy (non-hydrogen) atoms. The van der Waals surface area contributed by atoms with Gasteiger partial charge in [0.05, 0.1) is 41.4 Å². The standard InChI is InChI=1S/C27H29FN6O3/c1-3-24(36)32-12-5-4-9-20(16-32)34-25-21-14-29-33(15-17(2)35)23(21)11-10-22(25)30-27(34)31-26(37)18-7-6-8-19(28)13-18/h3,6-8,10-11,13-14,17,20,35H,1,4-5,9,12,15-16H2,2H3,(H,30,31,37)/t17-,20+/m0/s1. The number of aliphatic hydroxyl groups is 1. The second-order valence-corrected chi connectivity index (χ2v) is 9.45. The quantitative estimate of drug-likeness (QED) is 0.388. The molecule has 192 valence electrons. The van der Waals surface area contributed by atoms with Gasteiger partial charge in [0.25, 0.3) is 5.91 Å². The Hall–Kier alpha value is -4.05. The predicted molar refractivity (Wildman–Crippen MR) is 139 cm³/mol. The SMILES string of the molecule is C=CC(=O)N1CCCC[C@@H](n2c(NC(=O)c3cccc(F)c3)nc3ccc4c(cnn4C[C@H](C)O)c32)C1. The number of anilines is 1. The lowest BCUT2D eigenvalue weighted by molar-refractivity contribution is -0.126. The van der Waals surface area contributed by atoms with E-state index in [1.165, 1.54) is 24.3 Å². The molecule has 1 fully saturated rings. The third-order valence-corrected chi connectivity index (χ3v) is 6.72. The van der Waals surface area contributed by atoms with Crippen LogP contribution in [0.5, 0.6) is 0 Å². The van der Waals surface area contributed by atoms with Gasteiger partial charge in [0, 0.05) is 24.0 Å². The van der Waals surface area contributed by atoms with Crippen molar-refractivity contribution in [2.75, 3.05) is 18.4 Å². The number of rotatable bonds is 6. The summed E-state index contributed by atoms with van der Waals surface area (Å²) in [7, 11) is 0. The Balaban J connectivity index is 1.66. The van der Waals surface area contributed by atoms with Gasteiger partial charge in [0.15, 0.2) is 0 Å².